The van der Waals surface area contributed by atoms with Crippen molar-refractivity contribution in [2.75, 3.05) is 6.61 Å². The molecule has 2 aliphatic heterocycles. The zero-order valence-corrected chi connectivity index (χ0v) is 8.36. The van der Waals surface area contributed by atoms with Crippen LogP contribution in [0.15, 0.2) is 0 Å². The van der Waals surface area contributed by atoms with E-state index in [2.05, 4.69) is 13.8 Å². The third-order valence-corrected chi connectivity index (χ3v) is 4.30. The first-order valence-corrected chi connectivity index (χ1v) is 5.38. The second-order valence-electron chi connectivity index (χ2n) is 4.68. The molecular weight excluding hydrogens is 148 g/mol. The standard InChI is InChI=1S/C11H20O/c1-3-10-5-7-11(4-2,8-6-10)12-9-10/h3-9H2,1-2H3. The van der Waals surface area contributed by atoms with Gasteiger partial charge in [-0.05, 0) is 43.9 Å². The lowest BCUT2D eigenvalue weighted by Crippen LogP contribution is -2.50. The molecule has 2 heterocycles. The molecule has 0 aromatic carbocycles. The molecule has 0 amide bonds. The van der Waals surface area contributed by atoms with Crippen LogP contribution in [0.5, 0.6) is 0 Å². The van der Waals surface area contributed by atoms with E-state index in [9.17, 15) is 0 Å². The van der Waals surface area contributed by atoms with Crippen LogP contribution in [0.25, 0.3) is 0 Å². The SMILES string of the molecule is CCC12CCC(CC)(CC1)OC2. The molecule has 0 unspecified atom stereocenters. The minimum Gasteiger partial charge on any atom is -0.374 e. The van der Waals surface area contributed by atoms with Crippen molar-refractivity contribution < 1.29 is 4.74 Å². The molecule has 1 saturated carbocycles. The average molecular weight is 168 g/mol. The predicted octanol–water partition coefficient (Wildman–Crippen LogP) is 3.14. The van der Waals surface area contributed by atoms with Crippen molar-refractivity contribution in [1.82, 2.24) is 0 Å². The molecule has 2 saturated heterocycles. The summed E-state index contributed by atoms with van der Waals surface area (Å²) in [6.45, 7) is 5.62. The molecule has 3 fully saturated rings. The fourth-order valence-electron chi connectivity index (χ4n) is 2.74. The van der Waals surface area contributed by atoms with E-state index in [-0.39, 0.29) is 0 Å². The molecule has 0 N–H and O–H groups in total. The fourth-order valence-corrected chi connectivity index (χ4v) is 2.74. The third-order valence-electron chi connectivity index (χ3n) is 4.30. The van der Waals surface area contributed by atoms with Gasteiger partial charge in [-0.2, -0.15) is 0 Å². The normalized spacial score (nSPS) is 46.5. The zero-order valence-electron chi connectivity index (χ0n) is 8.36. The van der Waals surface area contributed by atoms with Crippen molar-refractivity contribution in [1.29, 1.82) is 0 Å². The monoisotopic (exact) mass is 168 g/mol. The van der Waals surface area contributed by atoms with E-state index >= 15 is 0 Å². The van der Waals surface area contributed by atoms with Crippen LogP contribution in [0, 0.1) is 5.41 Å². The Hall–Kier alpha value is -0.0400. The summed E-state index contributed by atoms with van der Waals surface area (Å²) in [5.41, 5.74) is 0.883. The van der Waals surface area contributed by atoms with Crippen molar-refractivity contribution in [2.24, 2.45) is 5.41 Å². The Bertz CT molecular complexity index is 129. The number of hydrogen-bond donors (Lipinski definition) is 0. The Morgan fingerprint density at radius 3 is 2.00 bits per heavy atom. The summed E-state index contributed by atoms with van der Waals surface area (Å²) in [5.74, 6) is 0. The van der Waals surface area contributed by atoms with Gasteiger partial charge in [0.2, 0.25) is 0 Å². The van der Waals surface area contributed by atoms with Gasteiger partial charge in [0.1, 0.15) is 0 Å². The lowest BCUT2D eigenvalue weighted by atomic mass is 9.64. The first-order valence-electron chi connectivity index (χ1n) is 5.38. The summed E-state index contributed by atoms with van der Waals surface area (Å²) in [6.07, 6.45) is 7.99. The summed E-state index contributed by atoms with van der Waals surface area (Å²) >= 11 is 0. The lowest BCUT2D eigenvalue weighted by Gasteiger charge is -2.53. The van der Waals surface area contributed by atoms with Crippen LogP contribution in [0.3, 0.4) is 0 Å². The van der Waals surface area contributed by atoms with Gasteiger partial charge < -0.3 is 4.74 Å². The molecule has 0 aromatic heterocycles. The highest BCUT2D eigenvalue weighted by Crippen LogP contribution is 2.51. The van der Waals surface area contributed by atoms with Crippen LogP contribution in [-0.4, -0.2) is 12.2 Å². The van der Waals surface area contributed by atoms with Crippen LogP contribution in [0.1, 0.15) is 52.4 Å². The van der Waals surface area contributed by atoms with E-state index in [1.807, 2.05) is 0 Å². The second-order valence-corrected chi connectivity index (χ2v) is 4.68. The smallest absolute Gasteiger partial charge is 0.0680 e. The van der Waals surface area contributed by atoms with Gasteiger partial charge in [-0.25, -0.2) is 0 Å². The number of hydrogen-bond acceptors (Lipinski definition) is 1. The van der Waals surface area contributed by atoms with Gasteiger partial charge in [0.25, 0.3) is 0 Å². The molecule has 3 aliphatic rings. The molecule has 1 aliphatic carbocycles. The number of fused-ring (bicyclic) bond motifs is 3. The molecule has 3 rings (SSSR count). The Kier molecular flexibility index (Phi) is 1.95. The molecule has 1 heteroatoms. The molecular formula is C11H20O. The van der Waals surface area contributed by atoms with Gasteiger partial charge in [-0.3, -0.25) is 0 Å². The van der Waals surface area contributed by atoms with Crippen molar-refractivity contribution in [3.8, 4) is 0 Å². The van der Waals surface area contributed by atoms with Gasteiger partial charge >= 0.3 is 0 Å². The first kappa shape index (κ1) is 8.55. The van der Waals surface area contributed by atoms with Crippen molar-refractivity contribution in [3.05, 3.63) is 0 Å². The van der Waals surface area contributed by atoms with Crippen molar-refractivity contribution >= 4 is 0 Å². The van der Waals surface area contributed by atoms with E-state index in [4.69, 9.17) is 4.74 Å². The molecule has 12 heavy (non-hydrogen) atoms. The minimum atomic E-state index is 0.302. The third kappa shape index (κ3) is 1.10. The maximum Gasteiger partial charge on any atom is 0.0680 e. The summed E-state index contributed by atoms with van der Waals surface area (Å²) in [4.78, 5) is 0. The molecule has 0 radical (unpaired) electrons. The summed E-state index contributed by atoms with van der Waals surface area (Å²) in [7, 11) is 0. The highest BCUT2D eigenvalue weighted by molar-refractivity contribution is 4.97. The minimum absolute atomic E-state index is 0.302. The van der Waals surface area contributed by atoms with E-state index in [0.29, 0.717) is 11.0 Å². The molecule has 70 valence electrons. The van der Waals surface area contributed by atoms with Gasteiger partial charge in [-0.15, -0.1) is 0 Å². The summed E-state index contributed by atoms with van der Waals surface area (Å²) in [6, 6.07) is 0. The van der Waals surface area contributed by atoms with Crippen LogP contribution >= 0.6 is 0 Å². The first-order chi connectivity index (χ1) is 5.74. The second kappa shape index (κ2) is 2.73. The van der Waals surface area contributed by atoms with Crippen molar-refractivity contribution in [2.45, 2.75) is 58.0 Å². The maximum atomic E-state index is 6.01. The Morgan fingerprint density at radius 1 is 1.00 bits per heavy atom. The zero-order chi connectivity index (χ0) is 8.66. The van der Waals surface area contributed by atoms with Crippen molar-refractivity contribution in [3.63, 3.8) is 0 Å². The number of ether oxygens (including phenoxy) is 1. The lowest BCUT2D eigenvalue weighted by molar-refractivity contribution is -0.185. The number of rotatable bonds is 2. The van der Waals surface area contributed by atoms with Gasteiger partial charge in [-0.1, -0.05) is 13.8 Å². The van der Waals surface area contributed by atoms with Gasteiger partial charge in [0, 0.05) is 0 Å². The molecule has 0 aromatic rings. The summed E-state index contributed by atoms with van der Waals surface area (Å²) in [5, 5.41) is 0. The maximum absolute atomic E-state index is 6.01. The Labute approximate surface area is 75.5 Å². The predicted molar refractivity (Wildman–Crippen MR) is 50.2 cm³/mol. The Balaban J connectivity index is 2.09. The average Bonchev–Trinajstić information content (AvgIpc) is 2.21. The molecule has 0 spiro atoms. The van der Waals surface area contributed by atoms with E-state index < -0.39 is 0 Å². The van der Waals surface area contributed by atoms with Crippen LogP contribution in [0.4, 0.5) is 0 Å². The quantitative estimate of drug-likeness (QED) is 0.615. The molecule has 0 atom stereocenters. The van der Waals surface area contributed by atoms with Crippen LogP contribution in [-0.2, 0) is 4.74 Å². The fraction of sp³-hybridized carbons (Fsp3) is 1.00. The van der Waals surface area contributed by atoms with E-state index in [0.717, 1.165) is 6.61 Å². The van der Waals surface area contributed by atoms with Crippen LogP contribution in [0.2, 0.25) is 0 Å². The topological polar surface area (TPSA) is 9.23 Å². The van der Waals surface area contributed by atoms with Crippen LogP contribution < -0.4 is 0 Å². The summed E-state index contributed by atoms with van der Waals surface area (Å²) < 4.78 is 6.01. The van der Waals surface area contributed by atoms with E-state index in [1.54, 1.807) is 0 Å². The van der Waals surface area contributed by atoms with E-state index in [1.165, 1.54) is 38.5 Å². The molecule has 1 nitrogen and oxygen atoms in total. The van der Waals surface area contributed by atoms with Gasteiger partial charge in [0.05, 0.1) is 12.2 Å². The largest absolute Gasteiger partial charge is 0.374 e. The highest BCUT2D eigenvalue weighted by atomic mass is 16.5. The molecule has 2 bridgehead atoms. The Morgan fingerprint density at radius 2 is 1.67 bits per heavy atom. The van der Waals surface area contributed by atoms with Gasteiger partial charge in [0.15, 0.2) is 0 Å². The highest BCUT2D eigenvalue weighted by Gasteiger charge is 2.47.